The summed E-state index contributed by atoms with van der Waals surface area (Å²) in [6.45, 7) is 0.799. The topological polar surface area (TPSA) is 49.4 Å². The zero-order valence-electron chi connectivity index (χ0n) is 12.8. The summed E-state index contributed by atoms with van der Waals surface area (Å²) in [5.74, 6) is -1.35. The molecule has 1 fully saturated rings. The average molecular weight is 391 g/mol. The van der Waals surface area contributed by atoms with E-state index in [0.717, 1.165) is 10.0 Å². The van der Waals surface area contributed by atoms with Gasteiger partial charge in [0.1, 0.15) is 5.82 Å². The number of rotatable bonds is 4. The maximum atomic E-state index is 13.6. The Morgan fingerprint density at radius 2 is 2.04 bits per heavy atom. The molecule has 1 aliphatic rings. The molecule has 3 rings (SSSR count). The molecule has 4 nitrogen and oxygen atoms in total. The summed E-state index contributed by atoms with van der Waals surface area (Å²) < 4.78 is 14.6. The van der Waals surface area contributed by atoms with Crippen molar-refractivity contribution in [1.82, 2.24) is 4.90 Å². The zero-order chi connectivity index (χ0) is 17.1. The number of benzene rings is 2. The first-order valence-corrected chi connectivity index (χ1v) is 8.40. The van der Waals surface area contributed by atoms with E-state index in [1.807, 2.05) is 24.3 Å². The predicted molar refractivity (Wildman–Crippen MR) is 92.7 cm³/mol. The van der Waals surface area contributed by atoms with Crippen molar-refractivity contribution in [2.75, 3.05) is 11.9 Å². The molecule has 24 heavy (non-hydrogen) atoms. The summed E-state index contributed by atoms with van der Waals surface area (Å²) in [7, 11) is 0. The van der Waals surface area contributed by atoms with Gasteiger partial charge < -0.3 is 10.2 Å². The normalized spacial score (nSPS) is 17.2. The largest absolute Gasteiger partial charge is 0.338 e. The molecule has 0 bridgehead atoms. The molecule has 2 amide bonds. The molecule has 0 saturated carbocycles. The van der Waals surface area contributed by atoms with Crippen molar-refractivity contribution < 1.29 is 14.0 Å². The molecule has 124 valence electrons. The van der Waals surface area contributed by atoms with Gasteiger partial charge in [0.15, 0.2) is 0 Å². The lowest BCUT2D eigenvalue weighted by atomic mass is 10.1. The Kier molecular flexibility index (Phi) is 4.94. The highest BCUT2D eigenvalue weighted by atomic mass is 79.9. The van der Waals surface area contributed by atoms with Crippen LogP contribution in [0.2, 0.25) is 0 Å². The molecule has 0 aliphatic carbocycles. The van der Waals surface area contributed by atoms with E-state index in [1.54, 1.807) is 17.0 Å². The minimum absolute atomic E-state index is 0.0661. The van der Waals surface area contributed by atoms with Crippen molar-refractivity contribution >= 4 is 33.4 Å². The van der Waals surface area contributed by atoms with E-state index in [1.165, 1.54) is 12.1 Å². The molecule has 6 heteroatoms. The van der Waals surface area contributed by atoms with Crippen LogP contribution in [0, 0.1) is 11.7 Å². The predicted octanol–water partition coefficient (Wildman–Crippen LogP) is 3.58. The number of nitrogens with one attached hydrogen (secondary N) is 1. The molecule has 0 radical (unpaired) electrons. The van der Waals surface area contributed by atoms with Crippen LogP contribution in [0.25, 0.3) is 0 Å². The van der Waals surface area contributed by atoms with Crippen molar-refractivity contribution in [3.05, 3.63) is 64.4 Å². The molecule has 1 N–H and O–H groups in total. The average Bonchev–Trinajstić information content (AvgIpc) is 2.91. The molecule has 0 aromatic heterocycles. The molecule has 0 spiro atoms. The van der Waals surface area contributed by atoms with E-state index >= 15 is 0 Å². The Labute approximate surface area is 147 Å². The fraction of sp³-hybridized carbons (Fsp3) is 0.222. The summed E-state index contributed by atoms with van der Waals surface area (Å²) in [4.78, 5) is 26.1. The summed E-state index contributed by atoms with van der Waals surface area (Å²) in [5.41, 5.74) is 1.13. The van der Waals surface area contributed by atoms with Gasteiger partial charge in [-0.05, 0) is 29.8 Å². The van der Waals surface area contributed by atoms with Crippen LogP contribution in [-0.2, 0) is 16.1 Å². The molecule has 1 saturated heterocycles. The van der Waals surface area contributed by atoms with Crippen molar-refractivity contribution in [2.45, 2.75) is 13.0 Å². The second-order valence-electron chi connectivity index (χ2n) is 5.77. The van der Waals surface area contributed by atoms with E-state index in [0.29, 0.717) is 13.1 Å². The highest BCUT2D eigenvalue weighted by molar-refractivity contribution is 9.10. The molecule has 2 aromatic rings. The van der Waals surface area contributed by atoms with Gasteiger partial charge in [0, 0.05) is 24.0 Å². The number of likely N-dealkylation sites (tertiary alicyclic amines) is 1. The number of amides is 2. The fourth-order valence-electron chi connectivity index (χ4n) is 2.75. The number of hydrogen-bond acceptors (Lipinski definition) is 2. The van der Waals surface area contributed by atoms with Crippen LogP contribution >= 0.6 is 15.9 Å². The Morgan fingerprint density at radius 3 is 2.79 bits per heavy atom. The highest BCUT2D eigenvalue weighted by Gasteiger charge is 2.34. The van der Waals surface area contributed by atoms with Crippen LogP contribution < -0.4 is 5.32 Å². The van der Waals surface area contributed by atoms with Gasteiger partial charge >= 0.3 is 0 Å². The minimum Gasteiger partial charge on any atom is -0.338 e. The van der Waals surface area contributed by atoms with Gasteiger partial charge in [-0.15, -0.1) is 0 Å². The van der Waals surface area contributed by atoms with E-state index in [-0.39, 0.29) is 23.9 Å². The van der Waals surface area contributed by atoms with Crippen molar-refractivity contribution in [1.29, 1.82) is 0 Å². The number of hydrogen-bond donors (Lipinski definition) is 1. The Morgan fingerprint density at radius 1 is 1.25 bits per heavy atom. The molecule has 1 unspecified atom stereocenters. The molecular formula is C18H16BrFN2O2. The van der Waals surface area contributed by atoms with Gasteiger partial charge in [0.25, 0.3) is 0 Å². The molecular weight excluding hydrogens is 375 g/mol. The lowest BCUT2D eigenvalue weighted by Gasteiger charge is -2.17. The third-order valence-electron chi connectivity index (χ3n) is 3.98. The number of nitrogens with zero attached hydrogens (tertiary/aromatic N) is 1. The number of halogens is 2. The standard InChI is InChI=1S/C18H16BrFN2O2/c19-14-5-3-4-12(8-14)10-22-11-13(9-17(22)23)18(24)21-16-7-2-1-6-15(16)20/h1-8,13H,9-11H2,(H,21,24). The fourth-order valence-corrected chi connectivity index (χ4v) is 3.20. The number of para-hydroxylation sites is 1. The second-order valence-corrected chi connectivity index (χ2v) is 6.69. The van der Waals surface area contributed by atoms with Crippen LogP contribution in [0.3, 0.4) is 0 Å². The minimum atomic E-state index is -0.485. The lowest BCUT2D eigenvalue weighted by molar-refractivity contribution is -0.128. The second kappa shape index (κ2) is 7.13. The van der Waals surface area contributed by atoms with Crippen molar-refractivity contribution in [3.8, 4) is 0 Å². The van der Waals surface area contributed by atoms with E-state index in [4.69, 9.17) is 0 Å². The Hall–Kier alpha value is -2.21. The molecule has 1 heterocycles. The maximum Gasteiger partial charge on any atom is 0.229 e. The smallest absolute Gasteiger partial charge is 0.229 e. The number of anilines is 1. The molecule has 1 aliphatic heterocycles. The van der Waals surface area contributed by atoms with E-state index in [2.05, 4.69) is 21.2 Å². The van der Waals surface area contributed by atoms with Crippen LogP contribution in [0.15, 0.2) is 53.0 Å². The van der Waals surface area contributed by atoms with Gasteiger partial charge in [-0.25, -0.2) is 4.39 Å². The first kappa shape index (κ1) is 16.6. The maximum absolute atomic E-state index is 13.6. The zero-order valence-corrected chi connectivity index (χ0v) is 14.4. The van der Waals surface area contributed by atoms with E-state index in [9.17, 15) is 14.0 Å². The van der Waals surface area contributed by atoms with Crippen molar-refractivity contribution in [2.24, 2.45) is 5.92 Å². The van der Waals surface area contributed by atoms with Crippen LogP contribution in [0.4, 0.5) is 10.1 Å². The van der Waals surface area contributed by atoms with Gasteiger partial charge in [-0.1, -0.05) is 40.2 Å². The first-order chi connectivity index (χ1) is 11.5. The number of carbonyl (C=O) groups excluding carboxylic acids is 2. The first-order valence-electron chi connectivity index (χ1n) is 7.60. The van der Waals surface area contributed by atoms with E-state index < -0.39 is 11.7 Å². The third kappa shape index (κ3) is 3.82. The molecule has 2 aromatic carbocycles. The number of carbonyl (C=O) groups is 2. The van der Waals surface area contributed by atoms with Crippen LogP contribution in [-0.4, -0.2) is 23.3 Å². The Bertz CT molecular complexity index is 781. The third-order valence-corrected chi connectivity index (χ3v) is 4.47. The van der Waals surface area contributed by atoms with Crippen LogP contribution in [0.5, 0.6) is 0 Å². The van der Waals surface area contributed by atoms with Gasteiger partial charge in [0.05, 0.1) is 11.6 Å². The Balaban J connectivity index is 1.64. The molecule has 1 atom stereocenters. The summed E-state index contributed by atoms with van der Waals surface area (Å²) in [6.07, 6.45) is 0.147. The lowest BCUT2D eigenvalue weighted by Crippen LogP contribution is -2.28. The van der Waals surface area contributed by atoms with Crippen LogP contribution in [0.1, 0.15) is 12.0 Å². The van der Waals surface area contributed by atoms with Crippen molar-refractivity contribution in [3.63, 3.8) is 0 Å². The van der Waals surface area contributed by atoms with Gasteiger partial charge in [-0.2, -0.15) is 0 Å². The quantitative estimate of drug-likeness (QED) is 0.867. The highest BCUT2D eigenvalue weighted by Crippen LogP contribution is 2.23. The SMILES string of the molecule is O=C(Nc1ccccc1F)C1CC(=O)N(Cc2cccc(Br)c2)C1. The van der Waals surface area contributed by atoms with Gasteiger partial charge in [0.2, 0.25) is 11.8 Å². The monoisotopic (exact) mass is 390 g/mol. The summed E-state index contributed by atoms with van der Waals surface area (Å²) >= 11 is 3.40. The summed E-state index contributed by atoms with van der Waals surface area (Å²) in [5, 5.41) is 2.57. The van der Waals surface area contributed by atoms with Gasteiger partial charge in [-0.3, -0.25) is 9.59 Å². The summed E-state index contributed by atoms with van der Waals surface area (Å²) in [6, 6.07) is 13.7.